The van der Waals surface area contributed by atoms with Crippen molar-refractivity contribution in [2.45, 2.75) is 6.10 Å². The lowest BCUT2D eigenvalue weighted by Gasteiger charge is -2.13. The molecule has 0 spiro atoms. The SMILES string of the molecule is COc1ccc2c(-c3ccccc3)c(C(=O)NCC3CNCC3O)oc2c1.Cl. The number of fused-ring (bicyclic) bond motifs is 1. The van der Waals surface area contributed by atoms with Gasteiger partial charge in [0.15, 0.2) is 0 Å². The summed E-state index contributed by atoms with van der Waals surface area (Å²) in [5.41, 5.74) is 2.27. The predicted octanol–water partition coefficient (Wildman–Crippen LogP) is 2.84. The molecule has 28 heavy (non-hydrogen) atoms. The van der Waals surface area contributed by atoms with Crippen LogP contribution in [0.3, 0.4) is 0 Å². The summed E-state index contributed by atoms with van der Waals surface area (Å²) >= 11 is 0. The van der Waals surface area contributed by atoms with Crippen molar-refractivity contribution in [1.82, 2.24) is 10.6 Å². The molecule has 0 radical (unpaired) electrons. The summed E-state index contributed by atoms with van der Waals surface area (Å²) in [5, 5.41) is 16.8. The second-order valence-electron chi connectivity index (χ2n) is 6.73. The highest BCUT2D eigenvalue weighted by molar-refractivity contribution is 6.08. The molecule has 4 rings (SSSR count). The van der Waals surface area contributed by atoms with Gasteiger partial charge in [-0.15, -0.1) is 12.4 Å². The van der Waals surface area contributed by atoms with E-state index in [1.165, 1.54) is 0 Å². The molecule has 1 saturated heterocycles. The first kappa shape index (κ1) is 20.2. The topological polar surface area (TPSA) is 83.7 Å². The summed E-state index contributed by atoms with van der Waals surface area (Å²) in [5.74, 6) is 0.648. The van der Waals surface area contributed by atoms with Gasteiger partial charge in [0.1, 0.15) is 11.3 Å². The molecule has 1 aliphatic heterocycles. The van der Waals surface area contributed by atoms with E-state index in [4.69, 9.17) is 9.15 Å². The molecule has 2 atom stereocenters. The number of β-amino-alcohol motifs (C(OH)–C–C–N with tert-alkyl or cyclic N) is 1. The number of nitrogens with one attached hydrogen (secondary N) is 2. The lowest BCUT2D eigenvalue weighted by molar-refractivity contribution is 0.0903. The van der Waals surface area contributed by atoms with Crippen molar-refractivity contribution in [3.05, 3.63) is 54.3 Å². The van der Waals surface area contributed by atoms with Gasteiger partial charge in [0.2, 0.25) is 5.76 Å². The minimum Gasteiger partial charge on any atom is -0.497 e. The molecule has 148 valence electrons. The van der Waals surface area contributed by atoms with Crippen LogP contribution in [0.5, 0.6) is 5.75 Å². The molecular formula is C21H23ClN2O4. The monoisotopic (exact) mass is 402 g/mol. The normalized spacial score (nSPS) is 18.6. The molecule has 6 nitrogen and oxygen atoms in total. The average molecular weight is 403 g/mol. The molecule has 2 heterocycles. The van der Waals surface area contributed by atoms with E-state index < -0.39 is 6.10 Å². The van der Waals surface area contributed by atoms with Gasteiger partial charge in [0, 0.05) is 42.6 Å². The molecule has 1 amide bonds. The van der Waals surface area contributed by atoms with Gasteiger partial charge in [-0.2, -0.15) is 0 Å². The van der Waals surface area contributed by atoms with Crippen molar-refractivity contribution in [2.75, 3.05) is 26.7 Å². The molecule has 1 aromatic heterocycles. The number of rotatable bonds is 5. The van der Waals surface area contributed by atoms with Crippen LogP contribution in [-0.4, -0.2) is 43.9 Å². The number of carbonyl (C=O) groups excluding carboxylic acids is 1. The largest absolute Gasteiger partial charge is 0.497 e. The van der Waals surface area contributed by atoms with Crippen LogP contribution in [0.2, 0.25) is 0 Å². The number of hydrogen-bond acceptors (Lipinski definition) is 5. The van der Waals surface area contributed by atoms with Crippen LogP contribution < -0.4 is 15.4 Å². The van der Waals surface area contributed by atoms with Gasteiger partial charge < -0.3 is 24.9 Å². The molecule has 2 unspecified atom stereocenters. The predicted molar refractivity (Wildman–Crippen MR) is 110 cm³/mol. The molecule has 1 fully saturated rings. The summed E-state index contributed by atoms with van der Waals surface area (Å²) in [6.07, 6.45) is -0.446. The second kappa shape index (κ2) is 8.65. The van der Waals surface area contributed by atoms with Crippen molar-refractivity contribution >= 4 is 29.3 Å². The summed E-state index contributed by atoms with van der Waals surface area (Å²) in [4.78, 5) is 12.9. The van der Waals surface area contributed by atoms with Crippen LogP contribution in [0.25, 0.3) is 22.1 Å². The maximum Gasteiger partial charge on any atom is 0.287 e. The zero-order chi connectivity index (χ0) is 18.8. The number of amides is 1. The number of halogens is 1. The molecule has 0 saturated carbocycles. The van der Waals surface area contributed by atoms with Gasteiger partial charge in [0.25, 0.3) is 5.91 Å². The Morgan fingerprint density at radius 1 is 1.25 bits per heavy atom. The third-order valence-corrected chi connectivity index (χ3v) is 4.99. The zero-order valence-corrected chi connectivity index (χ0v) is 16.3. The van der Waals surface area contributed by atoms with Crippen LogP contribution in [-0.2, 0) is 0 Å². The van der Waals surface area contributed by atoms with Crippen LogP contribution >= 0.6 is 12.4 Å². The first-order valence-electron chi connectivity index (χ1n) is 9.00. The Morgan fingerprint density at radius 2 is 2.04 bits per heavy atom. The van der Waals surface area contributed by atoms with E-state index in [1.54, 1.807) is 13.2 Å². The van der Waals surface area contributed by atoms with Crippen LogP contribution in [0.15, 0.2) is 52.9 Å². The number of carbonyl (C=O) groups is 1. The Bertz CT molecular complexity index is 958. The van der Waals surface area contributed by atoms with Crippen LogP contribution in [0.1, 0.15) is 10.6 Å². The van der Waals surface area contributed by atoms with Gasteiger partial charge in [0.05, 0.1) is 13.2 Å². The summed E-state index contributed by atoms with van der Waals surface area (Å²) in [6.45, 7) is 1.63. The molecule has 2 aromatic carbocycles. The van der Waals surface area contributed by atoms with Gasteiger partial charge in [-0.25, -0.2) is 0 Å². The molecule has 1 aliphatic rings. The Labute approximate surface area is 169 Å². The lowest BCUT2D eigenvalue weighted by Crippen LogP contribution is -2.34. The highest BCUT2D eigenvalue weighted by Gasteiger charge is 2.27. The number of aliphatic hydroxyl groups excluding tert-OH is 1. The van der Waals surface area contributed by atoms with E-state index in [0.717, 1.165) is 16.5 Å². The van der Waals surface area contributed by atoms with Crippen LogP contribution in [0.4, 0.5) is 0 Å². The summed E-state index contributed by atoms with van der Waals surface area (Å²) < 4.78 is 11.2. The molecule has 3 N–H and O–H groups in total. The van der Waals surface area contributed by atoms with E-state index in [-0.39, 0.29) is 30.0 Å². The van der Waals surface area contributed by atoms with Crippen molar-refractivity contribution < 1.29 is 19.1 Å². The lowest BCUT2D eigenvalue weighted by atomic mass is 10.0. The fraction of sp³-hybridized carbons (Fsp3) is 0.286. The van der Waals surface area contributed by atoms with Gasteiger partial charge >= 0.3 is 0 Å². The third-order valence-electron chi connectivity index (χ3n) is 4.99. The number of benzene rings is 2. The maximum absolute atomic E-state index is 12.9. The van der Waals surface area contributed by atoms with Gasteiger partial charge in [-0.1, -0.05) is 30.3 Å². The average Bonchev–Trinajstić information content (AvgIpc) is 3.29. The smallest absolute Gasteiger partial charge is 0.287 e. The Balaban J connectivity index is 0.00000225. The minimum absolute atomic E-state index is 0. The highest BCUT2D eigenvalue weighted by atomic mass is 35.5. The number of furan rings is 1. The number of aliphatic hydroxyl groups is 1. The molecular weight excluding hydrogens is 380 g/mol. The minimum atomic E-state index is -0.446. The molecule has 0 aliphatic carbocycles. The van der Waals surface area contributed by atoms with Crippen molar-refractivity contribution in [2.24, 2.45) is 5.92 Å². The number of methoxy groups -OCH3 is 1. The zero-order valence-electron chi connectivity index (χ0n) is 15.5. The Kier molecular flexibility index (Phi) is 6.24. The van der Waals surface area contributed by atoms with Crippen molar-refractivity contribution in [3.63, 3.8) is 0 Å². The summed E-state index contributed by atoms with van der Waals surface area (Å²) in [6, 6.07) is 15.2. The highest BCUT2D eigenvalue weighted by Crippen LogP contribution is 2.36. The Hall–Kier alpha value is -2.54. The van der Waals surface area contributed by atoms with E-state index >= 15 is 0 Å². The Morgan fingerprint density at radius 3 is 2.71 bits per heavy atom. The van der Waals surface area contributed by atoms with E-state index in [2.05, 4.69) is 10.6 Å². The van der Waals surface area contributed by atoms with E-state index in [0.29, 0.717) is 31.0 Å². The first-order chi connectivity index (χ1) is 13.2. The maximum atomic E-state index is 12.9. The van der Waals surface area contributed by atoms with Gasteiger partial charge in [-0.3, -0.25) is 4.79 Å². The quantitative estimate of drug-likeness (QED) is 0.611. The van der Waals surface area contributed by atoms with E-state index in [1.807, 2.05) is 42.5 Å². The van der Waals surface area contributed by atoms with Crippen LogP contribution in [0, 0.1) is 5.92 Å². The standard InChI is InChI=1S/C21H22N2O4.ClH/c1-26-15-7-8-16-18(9-15)27-20(19(16)13-5-3-2-4-6-13)21(25)23-11-14-10-22-12-17(14)24;/h2-9,14,17,22,24H,10-12H2,1H3,(H,23,25);1H. The fourth-order valence-corrected chi connectivity index (χ4v) is 3.49. The number of ether oxygens (including phenoxy) is 1. The van der Waals surface area contributed by atoms with Crippen molar-refractivity contribution in [3.8, 4) is 16.9 Å². The van der Waals surface area contributed by atoms with Gasteiger partial charge in [-0.05, 0) is 17.7 Å². The van der Waals surface area contributed by atoms with Crippen molar-refractivity contribution in [1.29, 1.82) is 0 Å². The van der Waals surface area contributed by atoms with E-state index in [9.17, 15) is 9.90 Å². The molecule has 3 aromatic rings. The first-order valence-corrected chi connectivity index (χ1v) is 9.00. The molecule has 7 heteroatoms. The third kappa shape index (κ3) is 3.85. The second-order valence-corrected chi connectivity index (χ2v) is 6.73. The molecule has 0 bridgehead atoms. The fourth-order valence-electron chi connectivity index (χ4n) is 3.49. The summed E-state index contributed by atoms with van der Waals surface area (Å²) in [7, 11) is 1.59. The number of hydrogen-bond donors (Lipinski definition) is 3.